The van der Waals surface area contributed by atoms with Gasteiger partial charge in [0, 0.05) is 69.7 Å². The van der Waals surface area contributed by atoms with Crippen molar-refractivity contribution in [2.45, 2.75) is 52.6 Å². The number of piperidine rings is 1. The van der Waals surface area contributed by atoms with Gasteiger partial charge in [-0.05, 0) is 51.7 Å². The molecule has 0 unspecified atom stereocenters. The quantitative estimate of drug-likeness (QED) is 0.823. The largest absolute Gasteiger partial charge is 0.342 e. The van der Waals surface area contributed by atoms with Crippen LogP contribution in [0, 0.1) is 10.8 Å². The van der Waals surface area contributed by atoms with Gasteiger partial charge < -0.3 is 15.1 Å². The number of hydrogen-bond donors (Lipinski definition) is 1. The van der Waals surface area contributed by atoms with Crippen molar-refractivity contribution in [3.05, 3.63) is 30.1 Å². The molecule has 3 fully saturated rings. The molecule has 3 amide bonds. The van der Waals surface area contributed by atoms with Gasteiger partial charge in [0.05, 0.1) is 5.41 Å². The molecule has 1 atom stereocenters. The zero-order valence-electron chi connectivity index (χ0n) is 18.6. The Kier molecular flexibility index (Phi) is 5.75. The lowest BCUT2D eigenvalue weighted by Crippen LogP contribution is -2.55. The van der Waals surface area contributed by atoms with E-state index in [0.717, 1.165) is 65.1 Å². The molecule has 4 heterocycles. The molecule has 0 radical (unpaired) electrons. The average molecular weight is 414 g/mol. The molecule has 0 bridgehead atoms. The second-order valence-electron chi connectivity index (χ2n) is 9.59. The fourth-order valence-corrected chi connectivity index (χ4v) is 5.94. The molecule has 1 aromatic rings. The molecule has 164 valence electrons. The molecule has 7 nitrogen and oxygen atoms in total. The summed E-state index contributed by atoms with van der Waals surface area (Å²) >= 11 is 0. The lowest BCUT2D eigenvalue weighted by Gasteiger charge is -2.47. The maximum Gasteiger partial charge on any atom is 0.317 e. The highest BCUT2D eigenvalue weighted by Crippen LogP contribution is 2.58. The summed E-state index contributed by atoms with van der Waals surface area (Å²) in [6.07, 6.45) is 6.44. The van der Waals surface area contributed by atoms with Crippen LogP contribution in [0.25, 0.3) is 0 Å². The fourth-order valence-electron chi connectivity index (χ4n) is 5.94. The van der Waals surface area contributed by atoms with E-state index in [0.29, 0.717) is 5.91 Å². The van der Waals surface area contributed by atoms with Crippen LogP contribution in [-0.2, 0) is 11.3 Å². The first-order valence-corrected chi connectivity index (χ1v) is 11.4. The number of nitrogens with one attached hydrogen (secondary N) is 1. The molecule has 4 rings (SSSR count). The molecule has 7 heteroatoms. The second kappa shape index (κ2) is 8.17. The highest BCUT2D eigenvalue weighted by molar-refractivity contribution is 5.87. The Hall–Kier alpha value is -2.15. The smallest absolute Gasteiger partial charge is 0.317 e. The summed E-state index contributed by atoms with van der Waals surface area (Å²) in [5.41, 5.74) is 0.827. The monoisotopic (exact) mass is 413 g/mol. The van der Waals surface area contributed by atoms with Gasteiger partial charge in [-0.15, -0.1) is 0 Å². The Labute approximate surface area is 179 Å². The standard InChI is InChI=1S/C23H35N5O2/c1-4-27-13-9-23(20(27)29)17-26(15-19-6-5-10-24-14-19)16-22(23)7-11-28(12-8-22)21(30)25-18(2)3/h5-6,10,14,18H,4,7-9,11-13,15-17H2,1-3H3,(H,25,30)/t23-/m0/s1. The Morgan fingerprint density at radius 2 is 1.97 bits per heavy atom. The first-order valence-electron chi connectivity index (χ1n) is 11.4. The topological polar surface area (TPSA) is 68.8 Å². The normalized spacial score (nSPS) is 26.3. The van der Waals surface area contributed by atoms with E-state index in [-0.39, 0.29) is 22.9 Å². The highest BCUT2D eigenvalue weighted by Gasteiger charge is 2.64. The molecule has 0 aliphatic carbocycles. The minimum Gasteiger partial charge on any atom is -0.342 e. The van der Waals surface area contributed by atoms with E-state index in [2.05, 4.69) is 28.2 Å². The van der Waals surface area contributed by atoms with Gasteiger partial charge in [0.1, 0.15) is 0 Å². The molecule has 3 aliphatic heterocycles. The molecule has 30 heavy (non-hydrogen) atoms. The first-order chi connectivity index (χ1) is 14.4. The summed E-state index contributed by atoms with van der Waals surface area (Å²) in [6, 6.07) is 4.24. The van der Waals surface area contributed by atoms with Crippen LogP contribution in [0.3, 0.4) is 0 Å². The number of carbonyl (C=O) groups excluding carboxylic acids is 2. The minimum absolute atomic E-state index is 0.0204. The lowest BCUT2D eigenvalue weighted by molar-refractivity contribution is -0.141. The van der Waals surface area contributed by atoms with Gasteiger partial charge in [0.2, 0.25) is 5.91 Å². The van der Waals surface area contributed by atoms with Crippen LogP contribution >= 0.6 is 0 Å². The van der Waals surface area contributed by atoms with Crippen molar-refractivity contribution in [1.82, 2.24) is 25.0 Å². The minimum atomic E-state index is -0.314. The number of urea groups is 1. The van der Waals surface area contributed by atoms with Crippen LogP contribution in [0.5, 0.6) is 0 Å². The van der Waals surface area contributed by atoms with Gasteiger partial charge in [-0.1, -0.05) is 6.07 Å². The third-order valence-corrected chi connectivity index (χ3v) is 7.47. The SMILES string of the molecule is CCN1CC[C@]2(CN(Cc3cccnc3)CC23CCN(C(=O)NC(C)C)CC3)C1=O. The number of amides is 3. The van der Waals surface area contributed by atoms with Gasteiger partial charge in [0.15, 0.2) is 0 Å². The van der Waals surface area contributed by atoms with Crippen molar-refractivity contribution < 1.29 is 9.59 Å². The number of carbonyl (C=O) groups is 2. The van der Waals surface area contributed by atoms with Crippen molar-refractivity contribution in [3.63, 3.8) is 0 Å². The fraction of sp³-hybridized carbons (Fsp3) is 0.696. The Bertz CT molecular complexity index is 775. The molecule has 0 saturated carbocycles. The Balaban J connectivity index is 1.55. The Morgan fingerprint density at radius 3 is 2.57 bits per heavy atom. The maximum atomic E-state index is 13.6. The van der Waals surface area contributed by atoms with E-state index in [1.54, 1.807) is 6.20 Å². The van der Waals surface area contributed by atoms with Crippen molar-refractivity contribution in [2.24, 2.45) is 10.8 Å². The average Bonchev–Trinajstić information content (AvgIpc) is 3.20. The molecular formula is C23H35N5O2. The highest BCUT2D eigenvalue weighted by atomic mass is 16.2. The summed E-state index contributed by atoms with van der Waals surface area (Å²) in [5, 5.41) is 3.01. The van der Waals surface area contributed by atoms with Crippen LogP contribution in [-0.4, -0.2) is 76.9 Å². The van der Waals surface area contributed by atoms with Crippen LogP contribution in [0.4, 0.5) is 4.79 Å². The summed E-state index contributed by atoms with van der Waals surface area (Å²) in [6.45, 7) is 11.7. The van der Waals surface area contributed by atoms with Crippen LogP contribution < -0.4 is 5.32 Å². The number of aromatic nitrogens is 1. The van der Waals surface area contributed by atoms with E-state index in [4.69, 9.17) is 0 Å². The third kappa shape index (κ3) is 3.57. The van der Waals surface area contributed by atoms with Gasteiger partial charge in [-0.25, -0.2) is 4.79 Å². The van der Waals surface area contributed by atoms with E-state index in [9.17, 15) is 9.59 Å². The zero-order chi connectivity index (χ0) is 21.4. The number of hydrogen-bond acceptors (Lipinski definition) is 4. The van der Waals surface area contributed by atoms with E-state index >= 15 is 0 Å². The maximum absolute atomic E-state index is 13.6. The predicted octanol–water partition coefficient (Wildman–Crippen LogP) is 2.34. The van der Waals surface area contributed by atoms with Crippen molar-refractivity contribution >= 4 is 11.9 Å². The molecule has 0 aromatic carbocycles. The number of rotatable bonds is 4. The van der Waals surface area contributed by atoms with E-state index in [1.165, 1.54) is 5.56 Å². The molecule has 1 N–H and O–H groups in total. The van der Waals surface area contributed by atoms with Crippen LogP contribution in [0.2, 0.25) is 0 Å². The molecule has 1 aromatic heterocycles. The second-order valence-corrected chi connectivity index (χ2v) is 9.59. The van der Waals surface area contributed by atoms with Crippen LogP contribution in [0.15, 0.2) is 24.5 Å². The molecular weight excluding hydrogens is 378 g/mol. The van der Waals surface area contributed by atoms with Crippen molar-refractivity contribution in [3.8, 4) is 0 Å². The first kappa shape index (κ1) is 21.1. The third-order valence-electron chi connectivity index (χ3n) is 7.47. The van der Waals surface area contributed by atoms with Gasteiger partial charge >= 0.3 is 6.03 Å². The van der Waals surface area contributed by atoms with E-state index < -0.39 is 0 Å². The van der Waals surface area contributed by atoms with Gasteiger partial charge in [0.25, 0.3) is 0 Å². The zero-order valence-corrected chi connectivity index (χ0v) is 18.6. The lowest BCUT2D eigenvalue weighted by atomic mass is 9.60. The molecule has 3 aliphatic rings. The number of nitrogens with zero attached hydrogens (tertiary/aromatic N) is 4. The summed E-state index contributed by atoms with van der Waals surface area (Å²) < 4.78 is 0. The van der Waals surface area contributed by atoms with Crippen LogP contribution in [0.1, 0.15) is 45.6 Å². The predicted molar refractivity (Wildman–Crippen MR) is 116 cm³/mol. The van der Waals surface area contributed by atoms with Gasteiger partial charge in [-0.2, -0.15) is 0 Å². The number of likely N-dealkylation sites (tertiary alicyclic amines) is 3. The number of fused-ring (bicyclic) bond motifs is 1. The van der Waals surface area contributed by atoms with Crippen molar-refractivity contribution in [1.29, 1.82) is 0 Å². The molecule has 2 spiro atoms. The number of pyridine rings is 1. The molecule has 3 saturated heterocycles. The summed E-state index contributed by atoms with van der Waals surface area (Å²) in [4.78, 5) is 36.8. The Morgan fingerprint density at radius 1 is 1.20 bits per heavy atom. The summed E-state index contributed by atoms with van der Waals surface area (Å²) in [7, 11) is 0. The van der Waals surface area contributed by atoms with E-state index in [1.807, 2.05) is 35.9 Å². The van der Waals surface area contributed by atoms with Crippen molar-refractivity contribution in [2.75, 3.05) is 39.3 Å². The van der Waals surface area contributed by atoms with Gasteiger partial charge in [-0.3, -0.25) is 14.7 Å². The summed E-state index contributed by atoms with van der Waals surface area (Å²) in [5.74, 6) is 0.332.